The van der Waals surface area contributed by atoms with Crippen molar-refractivity contribution in [1.29, 1.82) is 0 Å². The number of aromatic nitrogens is 2. The van der Waals surface area contributed by atoms with Crippen molar-refractivity contribution < 1.29 is 19.4 Å². The van der Waals surface area contributed by atoms with Gasteiger partial charge in [-0.3, -0.25) is 0 Å². The normalized spacial score (nSPS) is 12.2. The van der Waals surface area contributed by atoms with Crippen molar-refractivity contribution in [1.82, 2.24) is 15.3 Å². The number of nitrogens with one attached hydrogen (secondary N) is 2. The Morgan fingerprint density at radius 3 is 2.34 bits per heavy atom. The fraction of sp³-hybridized carbons (Fsp3) is 0.227. The summed E-state index contributed by atoms with van der Waals surface area (Å²) >= 11 is 0. The van der Waals surface area contributed by atoms with Gasteiger partial charge in [0.25, 0.3) is 0 Å². The van der Waals surface area contributed by atoms with E-state index in [0.29, 0.717) is 5.69 Å². The van der Waals surface area contributed by atoms with Crippen LogP contribution in [0.3, 0.4) is 0 Å². The zero-order chi connectivity index (χ0) is 20.9. The second kappa shape index (κ2) is 8.60. The number of rotatable bonds is 7. The maximum Gasteiger partial charge on any atom is 0.408 e. The zero-order valence-electron chi connectivity index (χ0n) is 16.3. The van der Waals surface area contributed by atoms with Gasteiger partial charge < -0.3 is 20.1 Å². The molecule has 0 saturated heterocycles. The third kappa shape index (κ3) is 5.22. The Morgan fingerprint density at radius 1 is 1.10 bits per heavy atom. The van der Waals surface area contributed by atoms with Gasteiger partial charge in [-0.2, -0.15) is 0 Å². The van der Waals surface area contributed by atoms with Gasteiger partial charge in [-0.15, -0.1) is 0 Å². The van der Waals surface area contributed by atoms with E-state index < -0.39 is 23.7 Å². The molecule has 0 aliphatic rings. The number of amides is 1. The number of aromatic amines is 1. The molecule has 150 valence electrons. The first-order valence-corrected chi connectivity index (χ1v) is 9.21. The van der Waals surface area contributed by atoms with Crippen LogP contribution in [0.5, 0.6) is 0 Å². The molecular formula is C22H23N3O4. The molecular weight excluding hydrogens is 370 g/mol. The molecule has 3 aromatic rings. The Kier molecular flexibility index (Phi) is 5.97. The molecule has 0 aliphatic heterocycles. The smallest absolute Gasteiger partial charge is 0.408 e. The number of aliphatic carboxylic acids is 1. The molecule has 1 atom stereocenters. The molecule has 0 spiro atoms. The minimum atomic E-state index is -1.15. The highest BCUT2D eigenvalue weighted by Crippen LogP contribution is 2.28. The van der Waals surface area contributed by atoms with E-state index in [4.69, 9.17) is 4.74 Å². The largest absolute Gasteiger partial charge is 0.480 e. The predicted octanol–water partition coefficient (Wildman–Crippen LogP) is 3.73. The number of carboxylic acid groups (broad SMARTS) is 1. The summed E-state index contributed by atoms with van der Waals surface area (Å²) in [5.74, 6) is -1.15. The van der Waals surface area contributed by atoms with Crippen LogP contribution in [0, 0.1) is 0 Å². The highest BCUT2D eigenvalue weighted by Gasteiger charge is 2.28. The first-order chi connectivity index (χ1) is 13.8. The first-order valence-electron chi connectivity index (χ1n) is 9.21. The van der Waals surface area contributed by atoms with E-state index in [0.717, 1.165) is 16.7 Å². The van der Waals surface area contributed by atoms with Gasteiger partial charge >= 0.3 is 12.1 Å². The van der Waals surface area contributed by atoms with Crippen LogP contribution in [0.2, 0.25) is 0 Å². The second-order valence-corrected chi connectivity index (χ2v) is 7.16. The third-order valence-electron chi connectivity index (χ3n) is 4.60. The summed E-state index contributed by atoms with van der Waals surface area (Å²) in [5.41, 5.74) is 2.62. The van der Waals surface area contributed by atoms with Crippen molar-refractivity contribution in [3.8, 4) is 11.1 Å². The van der Waals surface area contributed by atoms with Crippen LogP contribution in [0.4, 0.5) is 4.79 Å². The van der Waals surface area contributed by atoms with E-state index in [1.807, 2.05) is 54.6 Å². The van der Waals surface area contributed by atoms with Gasteiger partial charge in [0.15, 0.2) is 0 Å². The average Bonchev–Trinajstić information content (AvgIpc) is 3.21. The van der Waals surface area contributed by atoms with Crippen LogP contribution in [0.1, 0.15) is 25.1 Å². The maximum atomic E-state index is 12.3. The number of ether oxygens (including phenoxy) is 1. The number of imidazole rings is 1. The van der Waals surface area contributed by atoms with E-state index in [9.17, 15) is 14.7 Å². The highest BCUT2D eigenvalue weighted by atomic mass is 16.6. The number of carbonyl (C=O) groups is 2. The lowest BCUT2D eigenvalue weighted by atomic mass is 9.95. The summed E-state index contributed by atoms with van der Waals surface area (Å²) in [6, 6.07) is 16.6. The molecule has 3 rings (SSSR count). The fourth-order valence-corrected chi connectivity index (χ4v) is 2.97. The van der Waals surface area contributed by atoms with Crippen LogP contribution in [-0.4, -0.2) is 33.2 Å². The fourth-order valence-electron chi connectivity index (χ4n) is 2.97. The standard InChI is InChI=1S/C22H23N3O4/c1-22(2,17-10-8-16(9-11-17)15-6-4-3-5-7-15)29-21(28)25-19(20(26)27)12-18-13-23-14-24-18/h3-11,13-14,19H,12H2,1-2H3,(H,23,24)(H,25,28)(H,26,27)/t19-/m0/s1. The minimum absolute atomic E-state index is 0.0800. The minimum Gasteiger partial charge on any atom is -0.480 e. The van der Waals surface area contributed by atoms with Gasteiger partial charge in [0.2, 0.25) is 0 Å². The van der Waals surface area contributed by atoms with Crippen LogP contribution >= 0.6 is 0 Å². The monoisotopic (exact) mass is 393 g/mol. The van der Waals surface area contributed by atoms with Gasteiger partial charge in [-0.05, 0) is 30.5 Å². The summed E-state index contributed by atoms with van der Waals surface area (Å²) in [5, 5.41) is 11.8. The lowest BCUT2D eigenvalue weighted by Gasteiger charge is -2.27. The number of hydrogen-bond acceptors (Lipinski definition) is 4. The average molecular weight is 393 g/mol. The Morgan fingerprint density at radius 2 is 1.76 bits per heavy atom. The summed E-state index contributed by atoms with van der Waals surface area (Å²) in [6.07, 6.45) is 2.25. The van der Waals surface area contributed by atoms with Gasteiger partial charge in [-0.1, -0.05) is 54.6 Å². The molecule has 7 heteroatoms. The highest BCUT2D eigenvalue weighted by molar-refractivity contribution is 5.80. The molecule has 1 amide bonds. The molecule has 0 bridgehead atoms. The molecule has 1 heterocycles. The number of benzene rings is 2. The Bertz CT molecular complexity index is 951. The molecule has 3 N–H and O–H groups in total. The molecule has 0 fully saturated rings. The van der Waals surface area contributed by atoms with Crippen molar-refractivity contribution in [3.63, 3.8) is 0 Å². The SMILES string of the molecule is CC(C)(OC(=O)N[C@@H](Cc1cnc[nH]1)C(=O)O)c1ccc(-c2ccccc2)cc1. The van der Waals surface area contributed by atoms with Crippen molar-refractivity contribution in [2.45, 2.75) is 31.9 Å². The molecule has 0 radical (unpaired) electrons. The van der Waals surface area contributed by atoms with Crippen LogP contribution < -0.4 is 5.32 Å². The van der Waals surface area contributed by atoms with Crippen molar-refractivity contribution in [3.05, 3.63) is 78.4 Å². The summed E-state index contributed by atoms with van der Waals surface area (Å²) in [7, 11) is 0. The first kappa shape index (κ1) is 20.1. The number of carbonyl (C=O) groups excluding carboxylic acids is 1. The van der Waals surface area contributed by atoms with Crippen molar-refractivity contribution >= 4 is 12.1 Å². The van der Waals surface area contributed by atoms with E-state index >= 15 is 0 Å². The molecule has 1 aromatic heterocycles. The van der Waals surface area contributed by atoms with Gasteiger partial charge in [-0.25, -0.2) is 14.6 Å². The molecule has 29 heavy (non-hydrogen) atoms. The predicted molar refractivity (Wildman–Crippen MR) is 108 cm³/mol. The van der Waals surface area contributed by atoms with Crippen LogP contribution in [0.15, 0.2) is 67.1 Å². The second-order valence-electron chi connectivity index (χ2n) is 7.16. The third-order valence-corrected chi connectivity index (χ3v) is 4.60. The van der Waals surface area contributed by atoms with Crippen molar-refractivity contribution in [2.24, 2.45) is 0 Å². The number of nitrogens with zero attached hydrogens (tertiary/aromatic N) is 1. The van der Waals surface area contributed by atoms with E-state index in [2.05, 4.69) is 15.3 Å². The van der Waals surface area contributed by atoms with Gasteiger partial charge in [0, 0.05) is 18.3 Å². The molecule has 0 aliphatic carbocycles. The zero-order valence-corrected chi connectivity index (χ0v) is 16.3. The van der Waals surface area contributed by atoms with Gasteiger partial charge in [0.1, 0.15) is 11.6 Å². The van der Waals surface area contributed by atoms with E-state index in [1.54, 1.807) is 13.8 Å². The molecule has 0 unspecified atom stereocenters. The molecule has 7 nitrogen and oxygen atoms in total. The Labute approximate surface area is 168 Å². The van der Waals surface area contributed by atoms with E-state index in [1.165, 1.54) is 12.5 Å². The van der Waals surface area contributed by atoms with E-state index in [-0.39, 0.29) is 6.42 Å². The Balaban J connectivity index is 1.66. The van der Waals surface area contributed by atoms with Crippen LogP contribution in [-0.2, 0) is 21.6 Å². The van der Waals surface area contributed by atoms with Crippen molar-refractivity contribution in [2.75, 3.05) is 0 Å². The number of hydrogen-bond donors (Lipinski definition) is 3. The summed E-state index contributed by atoms with van der Waals surface area (Å²) in [4.78, 5) is 30.5. The number of H-pyrrole nitrogens is 1. The Hall–Kier alpha value is -3.61. The quantitative estimate of drug-likeness (QED) is 0.567. The molecule has 2 aromatic carbocycles. The number of alkyl carbamates (subject to hydrolysis) is 1. The van der Waals surface area contributed by atoms with Gasteiger partial charge in [0.05, 0.1) is 6.33 Å². The lowest BCUT2D eigenvalue weighted by molar-refractivity contribution is -0.139. The lowest BCUT2D eigenvalue weighted by Crippen LogP contribution is -2.44. The van der Waals surface area contributed by atoms with Crippen LogP contribution in [0.25, 0.3) is 11.1 Å². The topological polar surface area (TPSA) is 104 Å². The molecule has 0 saturated carbocycles. The number of carboxylic acids is 1. The maximum absolute atomic E-state index is 12.3. The summed E-state index contributed by atoms with van der Waals surface area (Å²) in [6.45, 7) is 3.52. The summed E-state index contributed by atoms with van der Waals surface area (Å²) < 4.78 is 5.53.